The van der Waals surface area contributed by atoms with Crippen LogP contribution in [0.1, 0.15) is 6.23 Å². The molecule has 3 heterocycles. The lowest BCUT2D eigenvalue weighted by Gasteiger charge is -2.15. The second-order valence-electron chi connectivity index (χ2n) is 4.69. The van der Waals surface area contributed by atoms with Gasteiger partial charge >= 0.3 is 0 Å². The Kier molecular flexibility index (Phi) is 3.35. The highest BCUT2D eigenvalue weighted by molar-refractivity contribution is 5.84. The number of alkyl halides is 1. The molecule has 3 rings (SSSR count). The summed E-state index contributed by atoms with van der Waals surface area (Å²) in [6.45, 7) is -0.483. The van der Waals surface area contributed by atoms with Gasteiger partial charge in [0.1, 0.15) is 12.2 Å². The number of nitrogens with zero attached hydrogens (tertiary/aromatic N) is 4. The van der Waals surface area contributed by atoms with E-state index in [-0.39, 0.29) is 11.6 Å². The lowest BCUT2D eigenvalue weighted by molar-refractivity contribution is -0.0459. The molecule has 4 unspecified atom stereocenters. The van der Waals surface area contributed by atoms with Crippen molar-refractivity contribution in [2.24, 2.45) is 0 Å². The Labute approximate surface area is 118 Å². The normalized spacial score (nSPS) is 29.1. The fraction of sp³-hybridized carbons (Fsp3) is 0.545. The van der Waals surface area contributed by atoms with Crippen LogP contribution in [0.3, 0.4) is 0 Å². The SMILES string of the molecule is CNc1nc(N)nc2c1ncn2C1OC(CO)C(O)C1F. The Balaban J connectivity index is 2.07. The number of hydrogen-bond donors (Lipinski definition) is 4. The molecule has 0 saturated carbocycles. The maximum Gasteiger partial charge on any atom is 0.224 e. The Morgan fingerprint density at radius 3 is 2.90 bits per heavy atom. The van der Waals surface area contributed by atoms with E-state index in [1.54, 1.807) is 7.05 Å². The van der Waals surface area contributed by atoms with E-state index >= 15 is 0 Å². The summed E-state index contributed by atoms with van der Waals surface area (Å²) in [7, 11) is 1.65. The third-order valence-electron chi connectivity index (χ3n) is 3.42. The molecule has 2 aromatic heterocycles. The molecule has 0 spiro atoms. The highest BCUT2D eigenvalue weighted by Crippen LogP contribution is 2.34. The molecule has 1 fully saturated rings. The van der Waals surface area contributed by atoms with Crippen LogP contribution in [0.15, 0.2) is 6.33 Å². The second kappa shape index (κ2) is 5.06. The van der Waals surface area contributed by atoms with E-state index in [0.717, 1.165) is 0 Å². The number of nitrogen functional groups attached to an aromatic ring is 1. The molecule has 2 aromatic rings. The molecule has 0 aromatic carbocycles. The van der Waals surface area contributed by atoms with Gasteiger partial charge < -0.3 is 26.0 Å². The van der Waals surface area contributed by atoms with Gasteiger partial charge in [-0.2, -0.15) is 9.97 Å². The van der Waals surface area contributed by atoms with Crippen molar-refractivity contribution in [3.8, 4) is 0 Å². The van der Waals surface area contributed by atoms with E-state index in [2.05, 4.69) is 20.3 Å². The van der Waals surface area contributed by atoms with Crippen molar-refractivity contribution in [2.75, 3.05) is 24.7 Å². The minimum absolute atomic E-state index is 0.00117. The van der Waals surface area contributed by atoms with Crippen LogP contribution in [-0.4, -0.2) is 61.8 Å². The summed E-state index contributed by atoms with van der Waals surface area (Å²) in [4.78, 5) is 12.1. The first-order chi connectivity index (χ1) is 10.1. The number of rotatable bonds is 3. The molecule has 0 amide bonds. The number of halogens is 1. The van der Waals surface area contributed by atoms with Crippen molar-refractivity contribution < 1.29 is 19.3 Å². The fourth-order valence-corrected chi connectivity index (χ4v) is 2.37. The fourth-order valence-electron chi connectivity index (χ4n) is 2.37. The Morgan fingerprint density at radius 2 is 2.29 bits per heavy atom. The summed E-state index contributed by atoms with van der Waals surface area (Å²) < 4.78 is 20.8. The van der Waals surface area contributed by atoms with Gasteiger partial charge in [0.15, 0.2) is 29.4 Å². The molecule has 1 aliphatic rings. The number of imidazole rings is 1. The van der Waals surface area contributed by atoms with E-state index < -0.39 is 31.2 Å². The number of aliphatic hydroxyl groups excluding tert-OH is 2. The Hall–Kier alpha value is -2.04. The van der Waals surface area contributed by atoms with Crippen LogP contribution in [0.2, 0.25) is 0 Å². The molecule has 0 radical (unpaired) electrons. The number of nitrogens with one attached hydrogen (secondary N) is 1. The molecule has 1 aliphatic heterocycles. The van der Waals surface area contributed by atoms with Crippen molar-refractivity contribution in [3.05, 3.63) is 6.33 Å². The van der Waals surface area contributed by atoms with E-state index in [1.807, 2.05) is 0 Å². The monoisotopic (exact) mass is 298 g/mol. The van der Waals surface area contributed by atoms with Gasteiger partial charge in [0.05, 0.1) is 12.9 Å². The minimum Gasteiger partial charge on any atom is -0.394 e. The Morgan fingerprint density at radius 1 is 1.52 bits per heavy atom. The molecule has 9 nitrogen and oxygen atoms in total. The zero-order chi connectivity index (χ0) is 15.1. The maximum absolute atomic E-state index is 14.2. The summed E-state index contributed by atoms with van der Waals surface area (Å²) in [5, 5.41) is 21.6. The maximum atomic E-state index is 14.2. The first-order valence-electron chi connectivity index (χ1n) is 6.33. The summed E-state index contributed by atoms with van der Waals surface area (Å²) in [6.07, 6.45) is -3.93. The van der Waals surface area contributed by atoms with Gasteiger partial charge in [0.25, 0.3) is 0 Å². The molecule has 10 heteroatoms. The highest BCUT2D eigenvalue weighted by Gasteiger charge is 2.45. The van der Waals surface area contributed by atoms with E-state index in [0.29, 0.717) is 11.3 Å². The van der Waals surface area contributed by atoms with Crippen molar-refractivity contribution >= 4 is 22.9 Å². The molecule has 0 aliphatic carbocycles. The average molecular weight is 298 g/mol. The van der Waals surface area contributed by atoms with Crippen LogP contribution in [0.25, 0.3) is 11.2 Å². The van der Waals surface area contributed by atoms with Crippen molar-refractivity contribution in [1.29, 1.82) is 0 Å². The summed E-state index contributed by atoms with van der Waals surface area (Å²) in [6, 6.07) is 0. The number of ether oxygens (including phenoxy) is 1. The number of aliphatic hydroxyl groups is 2. The van der Waals surface area contributed by atoms with Crippen LogP contribution < -0.4 is 11.1 Å². The van der Waals surface area contributed by atoms with Gasteiger partial charge in [0.2, 0.25) is 5.95 Å². The van der Waals surface area contributed by atoms with Crippen LogP contribution in [0, 0.1) is 0 Å². The summed E-state index contributed by atoms with van der Waals surface area (Å²) >= 11 is 0. The van der Waals surface area contributed by atoms with Gasteiger partial charge in [-0.1, -0.05) is 0 Å². The largest absolute Gasteiger partial charge is 0.394 e. The smallest absolute Gasteiger partial charge is 0.224 e. The third-order valence-corrected chi connectivity index (χ3v) is 3.42. The number of anilines is 2. The lowest BCUT2D eigenvalue weighted by atomic mass is 10.1. The third kappa shape index (κ3) is 2.07. The predicted molar refractivity (Wildman–Crippen MR) is 71.2 cm³/mol. The number of aromatic nitrogens is 4. The molecule has 4 atom stereocenters. The summed E-state index contributed by atoms with van der Waals surface area (Å²) in [5.41, 5.74) is 6.30. The van der Waals surface area contributed by atoms with Gasteiger partial charge in [-0.15, -0.1) is 0 Å². The molecule has 0 bridgehead atoms. The second-order valence-corrected chi connectivity index (χ2v) is 4.69. The van der Waals surface area contributed by atoms with E-state index in [9.17, 15) is 9.50 Å². The molecular formula is C11H15FN6O3. The van der Waals surface area contributed by atoms with Crippen LogP contribution >= 0.6 is 0 Å². The Bertz CT molecular complexity index is 665. The average Bonchev–Trinajstić information content (AvgIpc) is 3.01. The zero-order valence-corrected chi connectivity index (χ0v) is 11.1. The van der Waals surface area contributed by atoms with E-state index in [1.165, 1.54) is 10.9 Å². The first-order valence-corrected chi connectivity index (χ1v) is 6.33. The van der Waals surface area contributed by atoms with Crippen molar-refractivity contribution in [3.63, 3.8) is 0 Å². The van der Waals surface area contributed by atoms with Crippen LogP contribution in [-0.2, 0) is 4.74 Å². The highest BCUT2D eigenvalue weighted by atomic mass is 19.1. The van der Waals surface area contributed by atoms with Gasteiger partial charge in [0, 0.05) is 7.05 Å². The predicted octanol–water partition coefficient (Wildman–Crippen LogP) is -0.961. The molecule has 1 saturated heterocycles. The van der Waals surface area contributed by atoms with Gasteiger partial charge in [-0.25, -0.2) is 9.37 Å². The van der Waals surface area contributed by atoms with Crippen LogP contribution in [0.5, 0.6) is 0 Å². The first kappa shape index (κ1) is 13.9. The quantitative estimate of drug-likeness (QED) is 0.569. The van der Waals surface area contributed by atoms with Crippen LogP contribution in [0.4, 0.5) is 16.2 Å². The van der Waals surface area contributed by atoms with E-state index in [4.69, 9.17) is 15.6 Å². The standard InChI is InChI=1S/C11H15FN6O3/c1-14-8-6-9(17-11(13)16-8)18(3-15-6)10-5(12)7(20)4(2-19)21-10/h3-5,7,10,19-20H,2H2,1H3,(H3,13,14,16,17). The number of nitrogens with two attached hydrogens (primary N) is 1. The molecule has 21 heavy (non-hydrogen) atoms. The van der Waals surface area contributed by atoms with Crippen molar-refractivity contribution in [2.45, 2.75) is 24.6 Å². The lowest BCUT2D eigenvalue weighted by Crippen LogP contribution is -2.30. The zero-order valence-electron chi connectivity index (χ0n) is 11.1. The van der Waals surface area contributed by atoms with Gasteiger partial charge in [-0.05, 0) is 0 Å². The minimum atomic E-state index is -1.71. The van der Waals surface area contributed by atoms with Gasteiger partial charge in [-0.3, -0.25) is 4.57 Å². The number of fused-ring (bicyclic) bond motifs is 1. The van der Waals surface area contributed by atoms with Crippen molar-refractivity contribution in [1.82, 2.24) is 19.5 Å². The molecule has 5 N–H and O–H groups in total. The molecular weight excluding hydrogens is 283 g/mol. The molecule has 114 valence electrons. The topological polar surface area (TPSA) is 131 Å². The number of hydrogen-bond acceptors (Lipinski definition) is 8. The summed E-state index contributed by atoms with van der Waals surface area (Å²) in [5.74, 6) is 0.408.